The summed E-state index contributed by atoms with van der Waals surface area (Å²) < 4.78 is 4.91. The Hall–Kier alpha value is -1.77. The van der Waals surface area contributed by atoms with E-state index in [2.05, 4.69) is 36.1 Å². The molecule has 0 bridgehead atoms. The predicted octanol–water partition coefficient (Wildman–Crippen LogP) is 3.89. The first-order valence-corrected chi connectivity index (χ1v) is 7.07. The van der Waals surface area contributed by atoms with E-state index in [0.717, 1.165) is 41.7 Å². The topological polar surface area (TPSA) is 29.5 Å². The van der Waals surface area contributed by atoms with Crippen molar-refractivity contribution in [3.8, 4) is 0 Å². The molecule has 0 aliphatic rings. The summed E-state index contributed by atoms with van der Waals surface area (Å²) in [6.45, 7) is 4.11. The second-order valence-corrected chi connectivity index (χ2v) is 5.14. The van der Waals surface area contributed by atoms with Crippen molar-refractivity contribution in [2.75, 3.05) is 26.1 Å². The number of hydrogen-bond acceptors (Lipinski definition) is 3. The Morgan fingerprint density at radius 3 is 2.25 bits per heavy atom. The van der Waals surface area contributed by atoms with Gasteiger partial charge in [0.05, 0.1) is 7.11 Å². The Morgan fingerprint density at radius 2 is 1.80 bits per heavy atom. The Kier molecular flexibility index (Phi) is 6.29. The lowest BCUT2D eigenvalue weighted by Crippen LogP contribution is -2.09. The molecule has 0 N–H and O–H groups in total. The average molecular weight is 275 g/mol. The van der Waals surface area contributed by atoms with E-state index in [-0.39, 0.29) is 5.97 Å². The summed E-state index contributed by atoms with van der Waals surface area (Å²) in [5, 5.41) is 0. The zero-order valence-corrected chi connectivity index (χ0v) is 13.2. The third-order valence-electron chi connectivity index (χ3n) is 3.48. The SMILES string of the molecule is CCCC/C(C(=O)OC)=C(/C)c1ccc(N(C)C)cc1. The van der Waals surface area contributed by atoms with Crippen LogP contribution in [0.4, 0.5) is 5.69 Å². The van der Waals surface area contributed by atoms with Gasteiger partial charge in [0.2, 0.25) is 0 Å². The van der Waals surface area contributed by atoms with Crippen LogP contribution in [0.2, 0.25) is 0 Å². The van der Waals surface area contributed by atoms with E-state index in [9.17, 15) is 4.79 Å². The molecular formula is C17H25NO2. The van der Waals surface area contributed by atoms with E-state index in [4.69, 9.17) is 4.74 Å². The molecule has 110 valence electrons. The number of hydrogen-bond donors (Lipinski definition) is 0. The zero-order chi connectivity index (χ0) is 15.1. The van der Waals surface area contributed by atoms with Crippen LogP contribution in [-0.4, -0.2) is 27.2 Å². The number of esters is 1. The van der Waals surface area contributed by atoms with Crippen molar-refractivity contribution in [3.63, 3.8) is 0 Å². The molecule has 1 rings (SSSR count). The van der Waals surface area contributed by atoms with Crippen LogP contribution in [0.15, 0.2) is 29.8 Å². The van der Waals surface area contributed by atoms with Gasteiger partial charge in [0.25, 0.3) is 0 Å². The molecule has 0 atom stereocenters. The molecule has 0 radical (unpaired) electrons. The standard InChI is InChI=1S/C17H25NO2/c1-6-7-8-16(17(19)20-5)13(2)14-9-11-15(12-10-14)18(3)4/h9-12H,6-8H2,1-5H3/b16-13+. The molecule has 0 heterocycles. The Balaban J connectivity index is 3.09. The number of benzene rings is 1. The van der Waals surface area contributed by atoms with E-state index in [1.165, 1.54) is 7.11 Å². The first-order chi connectivity index (χ1) is 9.51. The number of nitrogens with zero attached hydrogens (tertiary/aromatic N) is 1. The number of allylic oxidation sites excluding steroid dienone is 1. The molecule has 0 spiro atoms. The smallest absolute Gasteiger partial charge is 0.334 e. The quantitative estimate of drug-likeness (QED) is 0.582. The molecule has 20 heavy (non-hydrogen) atoms. The summed E-state index contributed by atoms with van der Waals surface area (Å²) in [5.74, 6) is -0.215. The molecule has 0 aliphatic heterocycles. The van der Waals surface area contributed by atoms with E-state index < -0.39 is 0 Å². The Morgan fingerprint density at radius 1 is 1.20 bits per heavy atom. The molecule has 0 aliphatic carbocycles. The summed E-state index contributed by atoms with van der Waals surface area (Å²) in [6.07, 6.45) is 2.83. The van der Waals surface area contributed by atoms with E-state index >= 15 is 0 Å². The fourth-order valence-corrected chi connectivity index (χ4v) is 2.10. The van der Waals surface area contributed by atoms with Gasteiger partial charge in [-0.1, -0.05) is 25.5 Å². The van der Waals surface area contributed by atoms with Crippen LogP contribution >= 0.6 is 0 Å². The van der Waals surface area contributed by atoms with Crippen molar-refractivity contribution in [2.24, 2.45) is 0 Å². The summed E-state index contributed by atoms with van der Waals surface area (Å²) in [7, 11) is 5.47. The molecule has 0 saturated carbocycles. The molecule has 0 saturated heterocycles. The molecule has 0 unspecified atom stereocenters. The second kappa shape index (κ2) is 7.73. The maximum absolute atomic E-state index is 11.9. The highest BCUT2D eigenvalue weighted by molar-refractivity contribution is 5.97. The fourth-order valence-electron chi connectivity index (χ4n) is 2.10. The van der Waals surface area contributed by atoms with Crippen molar-refractivity contribution in [3.05, 3.63) is 35.4 Å². The summed E-state index contributed by atoms with van der Waals surface area (Å²) in [4.78, 5) is 14.0. The van der Waals surface area contributed by atoms with Gasteiger partial charge < -0.3 is 9.64 Å². The minimum absolute atomic E-state index is 0.215. The van der Waals surface area contributed by atoms with Gasteiger partial charge in [-0.15, -0.1) is 0 Å². The highest BCUT2D eigenvalue weighted by atomic mass is 16.5. The third-order valence-corrected chi connectivity index (χ3v) is 3.48. The predicted molar refractivity (Wildman–Crippen MR) is 84.9 cm³/mol. The normalized spacial score (nSPS) is 11.8. The maximum Gasteiger partial charge on any atom is 0.334 e. The number of methoxy groups -OCH3 is 1. The van der Waals surface area contributed by atoms with E-state index in [1.807, 2.05) is 21.0 Å². The second-order valence-electron chi connectivity index (χ2n) is 5.14. The van der Waals surface area contributed by atoms with Crippen molar-refractivity contribution in [1.82, 2.24) is 0 Å². The van der Waals surface area contributed by atoms with Gasteiger partial charge in [-0.3, -0.25) is 0 Å². The first-order valence-electron chi connectivity index (χ1n) is 7.07. The number of carbonyl (C=O) groups excluding carboxylic acids is 1. The number of carbonyl (C=O) groups is 1. The molecule has 0 fully saturated rings. The van der Waals surface area contributed by atoms with Crippen LogP contribution in [0.25, 0.3) is 5.57 Å². The van der Waals surface area contributed by atoms with Gasteiger partial charge in [-0.05, 0) is 43.0 Å². The van der Waals surface area contributed by atoms with Gasteiger partial charge >= 0.3 is 5.97 Å². The summed E-state index contributed by atoms with van der Waals surface area (Å²) in [5.41, 5.74) is 4.02. The molecule has 0 amide bonds. The minimum atomic E-state index is -0.215. The minimum Gasteiger partial charge on any atom is -0.466 e. The van der Waals surface area contributed by atoms with Crippen molar-refractivity contribution >= 4 is 17.2 Å². The van der Waals surface area contributed by atoms with Gasteiger partial charge in [-0.2, -0.15) is 0 Å². The van der Waals surface area contributed by atoms with Crippen molar-refractivity contribution < 1.29 is 9.53 Å². The Bertz CT molecular complexity index is 472. The molecule has 1 aromatic carbocycles. The third kappa shape index (κ3) is 4.12. The largest absolute Gasteiger partial charge is 0.466 e. The lowest BCUT2D eigenvalue weighted by atomic mass is 9.97. The van der Waals surface area contributed by atoms with Gasteiger partial charge in [-0.25, -0.2) is 4.79 Å². The van der Waals surface area contributed by atoms with E-state index in [1.54, 1.807) is 0 Å². The van der Waals surface area contributed by atoms with Crippen LogP contribution in [0.1, 0.15) is 38.7 Å². The summed E-state index contributed by atoms with van der Waals surface area (Å²) in [6, 6.07) is 8.24. The molecule has 0 aromatic heterocycles. The van der Waals surface area contributed by atoms with Crippen LogP contribution in [0, 0.1) is 0 Å². The highest BCUT2D eigenvalue weighted by Gasteiger charge is 2.14. The lowest BCUT2D eigenvalue weighted by Gasteiger charge is -2.14. The monoisotopic (exact) mass is 275 g/mol. The van der Waals surface area contributed by atoms with Crippen molar-refractivity contribution in [1.29, 1.82) is 0 Å². The Labute approximate surface area is 122 Å². The number of rotatable bonds is 6. The number of ether oxygens (including phenoxy) is 1. The molecule has 1 aromatic rings. The van der Waals surface area contributed by atoms with Gasteiger partial charge in [0.15, 0.2) is 0 Å². The first kappa shape index (κ1) is 16.3. The fraction of sp³-hybridized carbons (Fsp3) is 0.471. The van der Waals surface area contributed by atoms with Crippen LogP contribution < -0.4 is 4.90 Å². The summed E-state index contributed by atoms with van der Waals surface area (Å²) >= 11 is 0. The molecule has 3 nitrogen and oxygen atoms in total. The van der Waals surface area contributed by atoms with E-state index in [0.29, 0.717) is 0 Å². The molecule has 3 heteroatoms. The van der Waals surface area contributed by atoms with Crippen LogP contribution in [0.3, 0.4) is 0 Å². The lowest BCUT2D eigenvalue weighted by molar-refractivity contribution is -0.136. The number of anilines is 1. The molecular weight excluding hydrogens is 250 g/mol. The zero-order valence-electron chi connectivity index (χ0n) is 13.2. The number of unbranched alkanes of at least 4 members (excludes halogenated alkanes) is 1. The van der Waals surface area contributed by atoms with Crippen LogP contribution in [0.5, 0.6) is 0 Å². The maximum atomic E-state index is 11.9. The van der Waals surface area contributed by atoms with Gasteiger partial charge in [0, 0.05) is 25.4 Å². The highest BCUT2D eigenvalue weighted by Crippen LogP contribution is 2.25. The average Bonchev–Trinajstić information content (AvgIpc) is 2.47. The van der Waals surface area contributed by atoms with Gasteiger partial charge in [0.1, 0.15) is 0 Å². The van der Waals surface area contributed by atoms with Crippen LogP contribution in [-0.2, 0) is 9.53 Å². The van der Waals surface area contributed by atoms with Crippen molar-refractivity contribution in [2.45, 2.75) is 33.1 Å².